The van der Waals surface area contributed by atoms with Gasteiger partial charge in [-0.1, -0.05) is 12.8 Å². The molecule has 2 heterocycles. The fourth-order valence-electron chi connectivity index (χ4n) is 3.91. The topological polar surface area (TPSA) is 66.4 Å². The summed E-state index contributed by atoms with van der Waals surface area (Å²) >= 11 is 0. The van der Waals surface area contributed by atoms with Crippen molar-refractivity contribution >= 4 is 11.8 Å². The molecule has 0 bridgehead atoms. The molecule has 0 unspecified atom stereocenters. The van der Waals surface area contributed by atoms with Crippen LogP contribution in [0.1, 0.15) is 44.2 Å². The van der Waals surface area contributed by atoms with Crippen LogP contribution < -0.4 is 0 Å². The molecule has 2 amide bonds. The molecule has 1 aliphatic heterocycles. The summed E-state index contributed by atoms with van der Waals surface area (Å²) < 4.78 is 0. The van der Waals surface area contributed by atoms with Gasteiger partial charge in [-0.15, -0.1) is 0 Å². The minimum atomic E-state index is -0.187. The van der Waals surface area contributed by atoms with Gasteiger partial charge in [-0.3, -0.25) is 19.6 Å². The van der Waals surface area contributed by atoms with Crippen molar-refractivity contribution in [3.05, 3.63) is 24.3 Å². The summed E-state index contributed by atoms with van der Waals surface area (Å²) in [5, 5.41) is 0. The standard InChI is InChI=1S/C18H26N4O2/c1-21(13-14-12-19-8-9-20-14)17(23)15-6-2-3-7-16(15)18(24)22-10-4-5-11-22/h8-9,12,15-16H,2-7,10-11,13H2,1H3/t15-,16+/m0/s1. The zero-order valence-corrected chi connectivity index (χ0v) is 14.4. The first-order chi connectivity index (χ1) is 11.7. The normalized spacial score (nSPS) is 24.0. The molecule has 0 radical (unpaired) electrons. The highest BCUT2D eigenvalue weighted by atomic mass is 16.2. The average molecular weight is 330 g/mol. The summed E-state index contributed by atoms with van der Waals surface area (Å²) in [5.74, 6) is -0.0708. The van der Waals surface area contributed by atoms with Crippen LogP contribution in [-0.4, -0.2) is 51.7 Å². The number of rotatable bonds is 4. The largest absolute Gasteiger partial charge is 0.342 e. The van der Waals surface area contributed by atoms with Crippen LogP contribution in [0.15, 0.2) is 18.6 Å². The number of amides is 2. The fourth-order valence-corrected chi connectivity index (χ4v) is 3.91. The maximum Gasteiger partial charge on any atom is 0.226 e. The number of carbonyl (C=O) groups is 2. The predicted molar refractivity (Wildman–Crippen MR) is 89.8 cm³/mol. The van der Waals surface area contributed by atoms with Crippen molar-refractivity contribution in [1.82, 2.24) is 19.8 Å². The first-order valence-electron chi connectivity index (χ1n) is 8.95. The van der Waals surface area contributed by atoms with E-state index < -0.39 is 0 Å². The number of hydrogen-bond donors (Lipinski definition) is 0. The smallest absolute Gasteiger partial charge is 0.226 e. The molecule has 2 atom stereocenters. The van der Waals surface area contributed by atoms with Gasteiger partial charge < -0.3 is 9.80 Å². The lowest BCUT2D eigenvalue weighted by Gasteiger charge is -2.34. The van der Waals surface area contributed by atoms with Crippen LogP contribution in [0, 0.1) is 11.8 Å². The molecular weight excluding hydrogens is 304 g/mol. The van der Waals surface area contributed by atoms with Gasteiger partial charge in [-0.05, 0) is 25.7 Å². The molecule has 6 nitrogen and oxygen atoms in total. The predicted octanol–water partition coefficient (Wildman–Crippen LogP) is 1.86. The monoisotopic (exact) mass is 330 g/mol. The first-order valence-corrected chi connectivity index (χ1v) is 8.95. The minimum absolute atomic E-state index is 0.0675. The van der Waals surface area contributed by atoms with E-state index in [0.29, 0.717) is 6.54 Å². The third-order valence-electron chi connectivity index (χ3n) is 5.21. The van der Waals surface area contributed by atoms with Gasteiger partial charge >= 0.3 is 0 Å². The van der Waals surface area contributed by atoms with Gasteiger partial charge in [-0.2, -0.15) is 0 Å². The molecule has 0 aromatic carbocycles. The lowest BCUT2D eigenvalue weighted by Crippen LogP contribution is -2.45. The number of nitrogens with zero attached hydrogens (tertiary/aromatic N) is 4. The molecule has 1 saturated heterocycles. The van der Waals surface area contributed by atoms with E-state index in [1.807, 2.05) is 4.90 Å². The molecule has 1 saturated carbocycles. The van der Waals surface area contributed by atoms with Crippen LogP contribution in [-0.2, 0) is 16.1 Å². The number of likely N-dealkylation sites (tertiary alicyclic amines) is 1. The molecular formula is C18H26N4O2. The summed E-state index contributed by atoms with van der Waals surface area (Å²) in [6.45, 7) is 2.14. The van der Waals surface area contributed by atoms with Gasteiger partial charge in [0.15, 0.2) is 0 Å². The Kier molecular flexibility index (Phi) is 5.43. The molecule has 0 N–H and O–H groups in total. The second-order valence-corrected chi connectivity index (χ2v) is 6.92. The third kappa shape index (κ3) is 3.74. The Hall–Kier alpha value is -1.98. The van der Waals surface area contributed by atoms with E-state index in [4.69, 9.17) is 0 Å². The van der Waals surface area contributed by atoms with Crippen LogP contribution >= 0.6 is 0 Å². The van der Waals surface area contributed by atoms with Crippen molar-refractivity contribution in [2.24, 2.45) is 11.8 Å². The molecule has 1 aromatic heterocycles. The summed E-state index contributed by atoms with van der Waals surface area (Å²) in [5.41, 5.74) is 0.770. The Morgan fingerprint density at radius 1 is 1.12 bits per heavy atom. The number of hydrogen-bond acceptors (Lipinski definition) is 4. The van der Waals surface area contributed by atoms with E-state index in [9.17, 15) is 9.59 Å². The average Bonchev–Trinajstić information content (AvgIpc) is 3.16. The van der Waals surface area contributed by atoms with Crippen molar-refractivity contribution in [1.29, 1.82) is 0 Å². The van der Waals surface area contributed by atoms with Gasteiger partial charge in [-0.25, -0.2) is 0 Å². The Labute approximate surface area is 143 Å². The number of carbonyl (C=O) groups excluding carboxylic acids is 2. The van der Waals surface area contributed by atoms with Gasteiger partial charge in [0.05, 0.1) is 18.4 Å². The second kappa shape index (κ2) is 7.73. The van der Waals surface area contributed by atoms with Crippen LogP contribution in [0.4, 0.5) is 0 Å². The van der Waals surface area contributed by atoms with Gasteiger partial charge in [0.1, 0.15) is 0 Å². The van der Waals surface area contributed by atoms with Crippen LogP contribution in [0.3, 0.4) is 0 Å². The third-order valence-corrected chi connectivity index (χ3v) is 5.21. The zero-order valence-electron chi connectivity index (χ0n) is 14.4. The Morgan fingerprint density at radius 2 is 1.83 bits per heavy atom. The van der Waals surface area contributed by atoms with E-state index in [0.717, 1.165) is 57.3 Å². The highest BCUT2D eigenvalue weighted by Crippen LogP contribution is 2.33. The summed E-state index contributed by atoms with van der Waals surface area (Å²) in [4.78, 5) is 37.7. The quantitative estimate of drug-likeness (QED) is 0.845. The summed E-state index contributed by atoms with van der Waals surface area (Å²) in [6, 6.07) is 0. The van der Waals surface area contributed by atoms with E-state index in [-0.39, 0.29) is 23.7 Å². The SMILES string of the molecule is CN(Cc1cnccn1)C(=O)[C@H]1CCCC[C@H]1C(=O)N1CCCC1. The van der Waals surface area contributed by atoms with Crippen molar-refractivity contribution in [2.45, 2.75) is 45.1 Å². The maximum atomic E-state index is 12.9. The van der Waals surface area contributed by atoms with E-state index in [1.54, 1.807) is 30.5 Å². The summed E-state index contributed by atoms with van der Waals surface area (Å²) in [7, 11) is 1.79. The molecule has 1 aliphatic carbocycles. The molecule has 2 aliphatic rings. The molecule has 3 rings (SSSR count). The molecule has 0 spiro atoms. The number of aromatic nitrogens is 2. The van der Waals surface area contributed by atoms with Gasteiger partial charge in [0.25, 0.3) is 0 Å². The van der Waals surface area contributed by atoms with Crippen molar-refractivity contribution in [2.75, 3.05) is 20.1 Å². The van der Waals surface area contributed by atoms with Crippen molar-refractivity contribution < 1.29 is 9.59 Å². The molecule has 130 valence electrons. The fraction of sp³-hybridized carbons (Fsp3) is 0.667. The minimum Gasteiger partial charge on any atom is -0.342 e. The Morgan fingerprint density at radius 3 is 2.50 bits per heavy atom. The molecule has 6 heteroatoms. The highest BCUT2D eigenvalue weighted by molar-refractivity contribution is 5.88. The molecule has 2 fully saturated rings. The van der Waals surface area contributed by atoms with E-state index >= 15 is 0 Å². The van der Waals surface area contributed by atoms with Crippen LogP contribution in [0.5, 0.6) is 0 Å². The maximum absolute atomic E-state index is 12.9. The Bertz CT molecular complexity index is 572. The lowest BCUT2D eigenvalue weighted by molar-refractivity contribution is -0.147. The van der Waals surface area contributed by atoms with Crippen molar-refractivity contribution in [3.63, 3.8) is 0 Å². The van der Waals surface area contributed by atoms with E-state index in [1.165, 1.54) is 0 Å². The first kappa shape index (κ1) is 16.9. The lowest BCUT2D eigenvalue weighted by atomic mass is 9.77. The van der Waals surface area contributed by atoms with Crippen LogP contribution in [0.25, 0.3) is 0 Å². The molecule has 24 heavy (non-hydrogen) atoms. The van der Waals surface area contributed by atoms with Gasteiger partial charge in [0.2, 0.25) is 11.8 Å². The van der Waals surface area contributed by atoms with E-state index in [2.05, 4.69) is 9.97 Å². The zero-order chi connectivity index (χ0) is 16.9. The molecule has 1 aromatic rings. The highest BCUT2D eigenvalue weighted by Gasteiger charge is 2.39. The van der Waals surface area contributed by atoms with Gasteiger partial charge in [0, 0.05) is 44.4 Å². The second-order valence-electron chi connectivity index (χ2n) is 6.92. The van der Waals surface area contributed by atoms with Crippen molar-refractivity contribution in [3.8, 4) is 0 Å². The summed E-state index contributed by atoms with van der Waals surface area (Å²) in [6.07, 6.45) is 10.8. The Balaban J connectivity index is 1.67. The van der Waals surface area contributed by atoms with Crippen LogP contribution in [0.2, 0.25) is 0 Å².